The molecule has 152 valence electrons. The molecule has 8 nitrogen and oxygen atoms in total. The van der Waals surface area contributed by atoms with E-state index in [1.165, 1.54) is 12.1 Å². The van der Waals surface area contributed by atoms with Gasteiger partial charge in [0.15, 0.2) is 11.5 Å². The Kier molecular flexibility index (Phi) is 4.15. The van der Waals surface area contributed by atoms with Crippen molar-refractivity contribution in [1.29, 1.82) is 0 Å². The molecular weight excluding hydrogens is 397 g/mol. The summed E-state index contributed by atoms with van der Waals surface area (Å²) >= 11 is 0. The van der Waals surface area contributed by atoms with Crippen molar-refractivity contribution in [2.75, 3.05) is 17.6 Å². The Balaban J connectivity index is 1.62. The lowest BCUT2D eigenvalue weighted by atomic mass is 9.86. The molecule has 1 aliphatic heterocycles. The van der Waals surface area contributed by atoms with Crippen LogP contribution in [0.15, 0.2) is 42.9 Å². The van der Waals surface area contributed by atoms with Gasteiger partial charge in [-0.2, -0.15) is 0 Å². The van der Waals surface area contributed by atoms with Gasteiger partial charge in [0.2, 0.25) is 0 Å². The van der Waals surface area contributed by atoms with Gasteiger partial charge in [0, 0.05) is 31.6 Å². The highest BCUT2D eigenvalue weighted by atomic mass is 19.1. The molecule has 1 aliphatic rings. The average molecular weight is 413 g/mol. The van der Waals surface area contributed by atoms with Crippen LogP contribution in [0, 0.1) is 18.2 Å². The van der Waals surface area contributed by atoms with E-state index in [1.807, 2.05) is 4.40 Å². The lowest BCUT2D eigenvalue weighted by Crippen LogP contribution is -2.29. The van der Waals surface area contributed by atoms with Gasteiger partial charge in [0.05, 0.1) is 11.3 Å². The number of rotatable bonds is 4. The molecule has 3 aromatic heterocycles. The predicted molar refractivity (Wildman–Crippen MR) is 113 cm³/mol. The monoisotopic (exact) mass is 413 g/mol. The van der Waals surface area contributed by atoms with Crippen LogP contribution in [0.5, 0.6) is 0 Å². The molecule has 9 heteroatoms. The number of fused-ring (bicyclic) bond motifs is 2. The molecule has 0 spiro atoms. The van der Waals surface area contributed by atoms with Gasteiger partial charge in [-0.3, -0.25) is 0 Å². The standard InChI is InChI=1S/C22H16FN7O/c1-2-22(12-31)11-26-20-17(22)18(24)28-19(29-20)16-10-30-8-7-25-21(30)15(27-16)9-13-3-5-14(23)6-4-13/h1,3-8,10,12H,9,11H2,(H3,24,26,28,29). The number of imidazole rings is 1. The Bertz CT molecular complexity index is 1370. The van der Waals surface area contributed by atoms with Crippen molar-refractivity contribution >= 4 is 23.6 Å². The number of halogens is 1. The summed E-state index contributed by atoms with van der Waals surface area (Å²) in [5.41, 5.74) is 8.11. The summed E-state index contributed by atoms with van der Waals surface area (Å²) in [6.07, 6.45) is 11.9. The van der Waals surface area contributed by atoms with Gasteiger partial charge < -0.3 is 20.2 Å². The number of hydrogen-bond acceptors (Lipinski definition) is 7. The van der Waals surface area contributed by atoms with Crippen LogP contribution in [0.1, 0.15) is 16.8 Å². The normalized spacial score (nSPS) is 17.2. The molecule has 4 heterocycles. The topological polar surface area (TPSA) is 111 Å². The number of aldehydes is 1. The quantitative estimate of drug-likeness (QED) is 0.389. The highest BCUT2D eigenvalue weighted by Crippen LogP contribution is 2.38. The maximum Gasteiger partial charge on any atom is 0.183 e. The highest BCUT2D eigenvalue weighted by molar-refractivity contribution is 5.86. The van der Waals surface area contributed by atoms with Gasteiger partial charge in [-0.15, -0.1) is 6.42 Å². The molecule has 31 heavy (non-hydrogen) atoms. The second kappa shape index (κ2) is 6.88. The number of nitrogens with zero attached hydrogens (tertiary/aromatic N) is 5. The summed E-state index contributed by atoms with van der Waals surface area (Å²) in [5.74, 6) is 3.03. The minimum atomic E-state index is -1.19. The smallest absolute Gasteiger partial charge is 0.183 e. The van der Waals surface area contributed by atoms with E-state index >= 15 is 0 Å². The van der Waals surface area contributed by atoms with E-state index < -0.39 is 5.41 Å². The third kappa shape index (κ3) is 2.97. The number of carbonyl (C=O) groups excluding carboxylic acids is 1. The molecule has 0 aliphatic carbocycles. The van der Waals surface area contributed by atoms with Crippen molar-refractivity contribution in [2.45, 2.75) is 11.8 Å². The number of benzene rings is 1. The van der Waals surface area contributed by atoms with Crippen LogP contribution in [-0.4, -0.2) is 37.2 Å². The van der Waals surface area contributed by atoms with Gasteiger partial charge in [-0.25, -0.2) is 24.3 Å². The van der Waals surface area contributed by atoms with E-state index in [0.29, 0.717) is 46.9 Å². The first-order chi connectivity index (χ1) is 15.0. The van der Waals surface area contributed by atoms with Crippen LogP contribution >= 0.6 is 0 Å². The predicted octanol–water partition coefficient (Wildman–Crippen LogP) is 1.99. The Morgan fingerprint density at radius 3 is 2.84 bits per heavy atom. The van der Waals surface area contributed by atoms with Crippen LogP contribution in [0.3, 0.4) is 0 Å². The van der Waals surface area contributed by atoms with E-state index in [9.17, 15) is 9.18 Å². The molecule has 5 rings (SSSR count). The van der Waals surface area contributed by atoms with Crippen LogP contribution in [0.25, 0.3) is 17.2 Å². The number of hydrogen-bond donors (Lipinski definition) is 2. The Hall–Kier alpha value is -4.32. The van der Waals surface area contributed by atoms with E-state index in [4.69, 9.17) is 17.1 Å². The molecule has 1 unspecified atom stereocenters. The fraction of sp³-hybridized carbons (Fsp3) is 0.136. The lowest BCUT2D eigenvalue weighted by molar-refractivity contribution is -0.110. The molecule has 1 aromatic carbocycles. The van der Waals surface area contributed by atoms with Crippen molar-refractivity contribution in [2.24, 2.45) is 0 Å². The van der Waals surface area contributed by atoms with Crippen molar-refractivity contribution in [1.82, 2.24) is 24.3 Å². The molecule has 0 amide bonds. The second-order valence-corrected chi connectivity index (χ2v) is 7.28. The average Bonchev–Trinajstić information content (AvgIpc) is 3.40. The van der Waals surface area contributed by atoms with Crippen LogP contribution in [0.2, 0.25) is 0 Å². The molecule has 0 fully saturated rings. The molecular formula is C22H16FN7O. The summed E-state index contributed by atoms with van der Waals surface area (Å²) in [4.78, 5) is 29.6. The van der Waals surface area contributed by atoms with Gasteiger partial charge in [0.1, 0.15) is 34.8 Å². The van der Waals surface area contributed by atoms with Crippen molar-refractivity contribution in [3.05, 3.63) is 65.5 Å². The van der Waals surface area contributed by atoms with Crippen LogP contribution in [-0.2, 0) is 16.6 Å². The Morgan fingerprint density at radius 2 is 2.10 bits per heavy atom. The number of aromatic nitrogens is 5. The molecule has 1 atom stereocenters. The summed E-state index contributed by atoms with van der Waals surface area (Å²) < 4.78 is 15.1. The summed E-state index contributed by atoms with van der Waals surface area (Å²) in [7, 11) is 0. The van der Waals surface area contributed by atoms with Gasteiger partial charge in [-0.1, -0.05) is 18.1 Å². The van der Waals surface area contributed by atoms with Gasteiger partial charge >= 0.3 is 0 Å². The number of anilines is 2. The van der Waals surface area contributed by atoms with E-state index in [2.05, 4.69) is 26.2 Å². The fourth-order valence-corrected chi connectivity index (χ4v) is 3.75. The Labute approximate surface area is 176 Å². The first kappa shape index (κ1) is 18.7. The molecule has 4 aromatic rings. The number of nitrogens with two attached hydrogens (primary N) is 1. The third-order valence-corrected chi connectivity index (χ3v) is 5.33. The zero-order valence-corrected chi connectivity index (χ0v) is 16.2. The van der Waals surface area contributed by atoms with E-state index in [1.54, 1.807) is 30.7 Å². The molecule has 3 N–H and O–H groups in total. The molecule has 0 saturated heterocycles. The minimum absolute atomic E-state index is 0.127. The van der Waals surface area contributed by atoms with Crippen LogP contribution < -0.4 is 11.1 Å². The second-order valence-electron chi connectivity index (χ2n) is 7.28. The number of carbonyl (C=O) groups is 1. The zero-order chi connectivity index (χ0) is 21.6. The van der Waals surface area contributed by atoms with Crippen molar-refractivity contribution in [3.63, 3.8) is 0 Å². The fourth-order valence-electron chi connectivity index (χ4n) is 3.75. The zero-order valence-electron chi connectivity index (χ0n) is 16.2. The maximum atomic E-state index is 13.3. The summed E-state index contributed by atoms with van der Waals surface area (Å²) in [5, 5.41) is 3.05. The SMILES string of the molecule is C#CC1(C=O)CNc2nc(-c3cn4ccnc4c(Cc4ccc(F)cc4)n3)nc(N)c21. The molecule has 0 bridgehead atoms. The van der Waals surface area contributed by atoms with Crippen molar-refractivity contribution in [3.8, 4) is 23.9 Å². The van der Waals surface area contributed by atoms with Crippen molar-refractivity contribution < 1.29 is 9.18 Å². The Morgan fingerprint density at radius 1 is 1.29 bits per heavy atom. The van der Waals surface area contributed by atoms with E-state index in [-0.39, 0.29) is 18.2 Å². The third-order valence-electron chi connectivity index (χ3n) is 5.33. The van der Waals surface area contributed by atoms with Gasteiger partial charge in [-0.05, 0) is 17.7 Å². The molecule has 0 saturated carbocycles. The summed E-state index contributed by atoms with van der Waals surface area (Å²) in [6, 6.07) is 6.22. The summed E-state index contributed by atoms with van der Waals surface area (Å²) in [6.45, 7) is 0.203. The first-order valence-corrected chi connectivity index (χ1v) is 9.46. The van der Waals surface area contributed by atoms with Gasteiger partial charge in [0.25, 0.3) is 0 Å². The minimum Gasteiger partial charge on any atom is -0.383 e. The van der Waals surface area contributed by atoms with E-state index in [0.717, 1.165) is 5.56 Å². The molecule has 0 radical (unpaired) electrons. The first-order valence-electron chi connectivity index (χ1n) is 9.46. The van der Waals surface area contributed by atoms with Crippen LogP contribution in [0.4, 0.5) is 16.0 Å². The largest absolute Gasteiger partial charge is 0.383 e. The number of nitrogen functional groups attached to an aromatic ring is 1. The highest BCUT2D eigenvalue weighted by Gasteiger charge is 2.41. The lowest BCUT2D eigenvalue weighted by Gasteiger charge is -2.15. The number of terminal acetylenes is 1. The number of nitrogens with one attached hydrogen (secondary N) is 1. The maximum absolute atomic E-state index is 13.3.